The molecule has 25 heavy (non-hydrogen) atoms. The van der Waals surface area contributed by atoms with Crippen LogP contribution in [-0.2, 0) is 16.6 Å². The number of methoxy groups -OCH3 is 1. The van der Waals surface area contributed by atoms with E-state index in [0.717, 1.165) is 23.4 Å². The molecule has 1 aromatic heterocycles. The van der Waals surface area contributed by atoms with E-state index in [1.54, 1.807) is 24.7 Å². The fraction of sp³-hybridized carbons (Fsp3) is 0.118. The summed E-state index contributed by atoms with van der Waals surface area (Å²) in [7, 11) is -2.57. The number of halogens is 1. The monoisotopic (exact) mass is 361 g/mol. The van der Waals surface area contributed by atoms with E-state index in [9.17, 15) is 12.8 Å². The normalized spacial score (nSPS) is 11.4. The van der Waals surface area contributed by atoms with Crippen LogP contribution in [0.1, 0.15) is 5.56 Å². The number of imidazole rings is 1. The third-order valence-corrected chi connectivity index (χ3v) is 5.04. The molecular formula is C17H16FN3O3S. The molecule has 3 rings (SSSR count). The highest BCUT2D eigenvalue weighted by Crippen LogP contribution is 2.24. The van der Waals surface area contributed by atoms with Crippen molar-refractivity contribution in [3.63, 3.8) is 0 Å². The zero-order chi connectivity index (χ0) is 17.9. The van der Waals surface area contributed by atoms with E-state index >= 15 is 0 Å². The van der Waals surface area contributed by atoms with Crippen molar-refractivity contribution >= 4 is 10.0 Å². The van der Waals surface area contributed by atoms with Crippen LogP contribution in [0, 0.1) is 5.82 Å². The standard InChI is InChI=1S/C17H16FN3O3S/c1-24-16-7-4-14(18)10-17(16)25(22,23)20-11-13-2-5-15(6-3-13)21-9-8-19-12-21/h2-10,12,20H,11H2,1H3. The molecule has 1 heterocycles. The summed E-state index contributed by atoms with van der Waals surface area (Å²) in [5, 5.41) is 0. The summed E-state index contributed by atoms with van der Waals surface area (Å²) in [6, 6.07) is 10.7. The molecule has 0 saturated carbocycles. The average molecular weight is 361 g/mol. The van der Waals surface area contributed by atoms with Crippen molar-refractivity contribution in [1.82, 2.24) is 14.3 Å². The average Bonchev–Trinajstić information content (AvgIpc) is 3.15. The van der Waals surface area contributed by atoms with E-state index in [2.05, 4.69) is 9.71 Å². The highest BCUT2D eigenvalue weighted by atomic mass is 32.2. The topological polar surface area (TPSA) is 73.2 Å². The lowest BCUT2D eigenvalue weighted by Gasteiger charge is -2.11. The molecule has 0 aliphatic rings. The molecule has 0 spiro atoms. The Bertz CT molecular complexity index is 955. The first kappa shape index (κ1) is 17.1. The third-order valence-electron chi connectivity index (χ3n) is 3.62. The Kier molecular flexibility index (Phi) is 4.82. The van der Waals surface area contributed by atoms with Gasteiger partial charge in [0.25, 0.3) is 0 Å². The zero-order valence-electron chi connectivity index (χ0n) is 13.4. The number of nitrogens with one attached hydrogen (secondary N) is 1. The number of ether oxygens (including phenoxy) is 1. The Morgan fingerprint density at radius 2 is 1.96 bits per heavy atom. The van der Waals surface area contributed by atoms with E-state index < -0.39 is 15.8 Å². The van der Waals surface area contributed by atoms with Gasteiger partial charge in [0.1, 0.15) is 16.5 Å². The lowest BCUT2D eigenvalue weighted by atomic mass is 10.2. The van der Waals surface area contributed by atoms with Gasteiger partial charge >= 0.3 is 0 Å². The summed E-state index contributed by atoms with van der Waals surface area (Å²) in [6.07, 6.45) is 5.16. The fourth-order valence-electron chi connectivity index (χ4n) is 2.31. The zero-order valence-corrected chi connectivity index (χ0v) is 14.2. The maximum atomic E-state index is 13.4. The molecule has 3 aromatic rings. The minimum atomic E-state index is -3.91. The van der Waals surface area contributed by atoms with Crippen molar-refractivity contribution in [3.8, 4) is 11.4 Å². The van der Waals surface area contributed by atoms with Crippen molar-refractivity contribution in [2.45, 2.75) is 11.4 Å². The molecular weight excluding hydrogens is 345 g/mol. The first-order valence-electron chi connectivity index (χ1n) is 7.40. The summed E-state index contributed by atoms with van der Waals surface area (Å²) in [5.41, 5.74) is 1.68. The molecule has 0 aliphatic heterocycles. The van der Waals surface area contributed by atoms with Gasteiger partial charge in [-0.1, -0.05) is 12.1 Å². The second-order valence-corrected chi connectivity index (χ2v) is 6.99. The molecule has 0 amide bonds. The van der Waals surface area contributed by atoms with Crippen LogP contribution in [-0.4, -0.2) is 25.1 Å². The smallest absolute Gasteiger partial charge is 0.244 e. The van der Waals surface area contributed by atoms with Crippen LogP contribution in [0.25, 0.3) is 5.69 Å². The highest BCUT2D eigenvalue weighted by molar-refractivity contribution is 7.89. The summed E-state index contributed by atoms with van der Waals surface area (Å²) in [6.45, 7) is 0.0756. The molecule has 0 fully saturated rings. The molecule has 8 heteroatoms. The Hall–Kier alpha value is -2.71. The van der Waals surface area contributed by atoms with Crippen molar-refractivity contribution in [3.05, 3.63) is 72.6 Å². The van der Waals surface area contributed by atoms with Crippen LogP contribution < -0.4 is 9.46 Å². The van der Waals surface area contributed by atoms with Gasteiger partial charge in [-0.3, -0.25) is 0 Å². The number of aromatic nitrogens is 2. The quantitative estimate of drug-likeness (QED) is 0.732. The van der Waals surface area contributed by atoms with Crippen LogP contribution >= 0.6 is 0 Å². The lowest BCUT2D eigenvalue weighted by Crippen LogP contribution is -2.24. The third kappa shape index (κ3) is 3.86. The van der Waals surface area contributed by atoms with Gasteiger partial charge in [0, 0.05) is 24.6 Å². The second kappa shape index (κ2) is 7.04. The lowest BCUT2D eigenvalue weighted by molar-refractivity contribution is 0.400. The van der Waals surface area contributed by atoms with Gasteiger partial charge in [0.15, 0.2) is 0 Å². The minimum absolute atomic E-state index is 0.0756. The van der Waals surface area contributed by atoms with E-state index in [1.165, 1.54) is 13.2 Å². The minimum Gasteiger partial charge on any atom is -0.495 e. The SMILES string of the molecule is COc1ccc(F)cc1S(=O)(=O)NCc1ccc(-n2ccnc2)cc1. The largest absolute Gasteiger partial charge is 0.495 e. The van der Waals surface area contributed by atoms with E-state index in [1.807, 2.05) is 22.9 Å². The Morgan fingerprint density at radius 3 is 2.60 bits per heavy atom. The molecule has 0 saturated heterocycles. The summed E-state index contributed by atoms with van der Waals surface area (Å²) >= 11 is 0. The maximum Gasteiger partial charge on any atom is 0.244 e. The molecule has 130 valence electrons. The maximum absolute atomic E-state index is 13.4. The molecule has 0 unspecified atom stereocenters. The molecule has 0 aliphatic carbocycles. The van der Waals surface area contributed by atoms with Crippen LogP contribution in [0.3, 0.4) is 0 Å². The van der Waals surface area contributed by atoms with E-state index in [-0.39, 0.29) is 17.2 Å². The number of nitrogens with zero attached hydrogens (tertiary/aromatic N) is 2. The summed E-state index contributed by atoms with van der Waals surface area (Å²) < 4.78 is 47.5. The Labute approximate surface area is 145 Å². The summed E-state index contributed by atoms with van der Waals surface area (Å²) in [5.74, 6) is -0.560. The predicted molar refractivity (Wildman–Crippen MR) is 90.5 cm³/mol. The van der Waals surface area contributed by atoms with Gasteiger partial charge in [-0.25, -0.2) is 22.5 Å². The molecule has 0 atom stereocenters. The van der Waals surface area contributed by atoms with E-state index in [4.69, 9.17) is 4.74 Å². The van der Waals surface area contributed by atoms with Crippen LogP contribution in [0.2, 0.25) is 0 Å². The first-order valence-corrected chi connectivity index (χ1v) is 8.88. The molecule has 6 nitrogen and oxygen atoms in total. The van der Waals surface area contributed by atoms with Gasteiger partial charge < -0.3 is 9.30 Å². The molecule has 1 N–H and O–H groups in total. The van der Waals surface area contributed by atoms with Crippen molar-refractivity contribution in [2.75, 3.05) is 7.11 Å². The van der Waals surface area contributed by atoms with Crippen LogP contribution in [0.4, 0.5) is 4.39 Å². The summed E-state index contributed by atoms with van der Waals surface area (Å²) in [4.78, 5) is 3.74. The van der Waals surface area contributed by atoms with Crippen molar-refractivity contribution in [1.29, 1.82) is 0 Å². The predicted octanol–water partition coefficient (Wildman–Crippen LogP) is 2.50. The van der Waals surface area contributed by atoms with E-state index in [0.29, 0.717) is 0 Å². The van der Waals surface area contributed by atoms with Crippen molar-refractivity contribution in [2.24, 2.45) is 0 Å². The number of hydrogen-bond acceptors (Lipinski definition) is 4. The van der Waals surface area contributed by atoms with Crippen molar-refractivity contribution < 1.29 is 17.5 Å². The van der Waals surface area contributed by atoms with Gasteiger partial charge in [-0.15, -0.1) is 0 Å². The highest BCUT2D eigenvalue weighted by Gasteiger charge is 2.20. The number of sulfonamides is 1. The number of hydrogen-bond donors (Lipinski definition) is 1. The van der Waals surface area contributed by atoms with Gasteiger partial charge in [0.2, 0.25) is 10.0 Å². The first-order chi connectivity index (χ1) is 12.0. The Balaban J connectivity index is 1.75. The molecule has 0 bridgehead atoms. The van der Waals surface area contributed by atoms with Gasteiger partial charge in [-0.2, -0.15) is 0 Å². The molecule has 0 radical (unpaired) electrons. The number of rotatable bonds is 6. The number of benzene rings is 2. The van der Waals surface area contributed by atoms with Gasteiger partial charge in [0.05, 0.1) is 13.4 Å². The van der Waals surface area contributed by atoms with Gasteiger partial charge in [-0.05, 0) is 35.9 Å². The van der Waals surface area contributed by atoms with Crippen LogP contribution in [0.15, 0.2) is 66.1 Å². The fourth-order valence-corrected chi connectivity index (χ4v) is 3.51. The molecule has 2 aromatic carbocycles. The second-order valence-electron chi connectivity index (χ2n) is 5.26. The van der Waals surface area contributed by atoms with Crippen LogP contribution in [0.5, 0.6) is 5.75 Å². The Morgan fingerprint density at radius 1 is 1.20 bits per heavy atom.